The average molecular weight is 381 g/mol. The van der Waals surface area contributed by atoms with Gasteiger partial charge in [-0.1, -0.05) is 30.3 Å². The molecule has 1 amide bonds. The highest BCUT2D eigenvalue weighted by atomic mass is 19.1. The van der Waals surface area contributed by atoms with Gasteiger partial charge in [0.2, 0.25) is 0 Å². The lowest BCUT2D eigenvalue weighted by Gasteiger charge is -2.17. The average Bonchev–Trinajstić information content (AvgIpc) is 3.06. The van der Waals surface area contributed by atoms with Crippen LogP contribution in [-0.4, -0.2) is 29.5 Å². The number of amides is 1. The lowest BCUT2D eigenvalue weighted by atomic mass is 9.93. The van der Waals surface area contributed by atoms with Crippen molar-refractivity contribution in [1.29, 1.82) is 0 Å². The number of carbonyl (C=O) groups is 1. The SMILES string of the molecule is COc1ccccc1[C@H]1CNC(=O)c2nc(COc3ccccc3F)[nH]c2C1. The monoisotopic (exact) mass is 381 g/mol. The van der Waals surface area contributed by atoms with Crippen LogP contribution in [0.25, 0.3) is 0 Å². The highest BCUT2D eigenvalue weighted by Gasteiger charge is 2.27. The molecule has 1 aromatic heterocycles. The zero-order chi connectivity index (χ0) is 19.5. The number of carbonyl (C=O) groups excluding carboxylic acids is 1. The fraction of sp³-hybridized carbons (Fsp3) is 0.238. The van der Waals surface area contributed by atoms with Gasteiger partial charge >= 0.3 is 0 Å². The number of nitrogens with zero attached hydrogens (tertiary/aromatic N) is 1. The normalized spacial score (nSPS) is 16.1. The van der Waals surface area contributed by atoms with Crippen LogP contribution in [0, 0.1) is 5.82 Å². The Morgan fingerprint density at radius 3 is 2.68 bits per heavy atom. The number of methoxy groups -OCH3 is 1. The number of hydrogen-bond donors (Lipinski definition) is 2. The molecule has 2 heterocycles. The van der Waals surface area contributed by atoms with Gasteiger partial charge in [0, 0.05) is 18.2 Å². The zero-order valence-electron chi connectivity index (χ0n) is 15.4. The minimum absolute atomic E-state index is 0.0422. The van der Waals surface area contributed by atoms with Gasteiger partial charge in [0.1, 0.15) is 23.9 Å². The maximum atomic E-state index is 13.7. The predicted molar refractivity (Wildman–Crippen MR) is 101 cm³/mol. The molecule has 1 atom stereocenters. The molecule has 28 heavy (non-hydrogen) atoms. The Morgan fingerprint density at radius 1 is 1.14 bits per heavy atom. The molecule has 0 aliphatic carbocycles. The summed E-state index contributed by atoms with van der Waals surface area (Å²) in [4.78, 5) is 20.0. The molecule has 0 unspecified atom stereocenters. The van der Waals surface area contributed by atoms with Crippen molar-refractivity contribution in [3.05, 3.63) is 77.1 Å². The number of aromatic nitrogens is 2. The summed E-state index contributed by atoms with van der Waals surface area (Å²) < 4.78 is 24.7. The summed E-state index contributed by atoms with van der Waals surface area (Å²) in [6.45, 7) is 0.533. The molecule has 1 aliphatic rings. The summed E-state index contributed by atoms with van der Waals surface area (Å²) in [5, 5.41) is 2.92. The van der Waals surface area contributed by atoms with Crippen molar-refractivity contribution in [2.24, 2.45) is 0 Å². The molecule has 0 bridgehead atoms. The predicted octanol–water partition coefficient (Wildman–Crippen LogP) is 3.21. The molecule has 144 valence electrons. The van der Waals surface area contributed by atoms with E-state index in [4.69, 9.17) is 9.47 Å². The molecule has 2 aromatic carbocycles. The first-order valence-corrected chi connectivity index (χ1v) is 9.02. The number of benzene rings is 2. The smallest absolute Gasteiger partial charge is 0.271 e. The number of para-hydroxylation sites is 2. The van der Waals surface area contributed by atoms with Crippen molar-refractivity contribution < 1.29 is 18.7 Å². The largest absolute Gasteiger partial charge is 0.496 e. The molecule has 0 spiro atoms. The Labute approximate surface area is 161 Å². The highest BCUT2D eigenvalue weighted by Crippen LogP contribution is 2.31. The van der Waals surface area contributed by atoms with Crippen molar-refractivity contribution in [2.45, 2.75) is 18.9 Å². The fourth-order valence-corrected chi connectivity index (χ4v) is 3.42. The van der Waals surface area contributed by atoms with E-state index in [0.29, 0.717) is 24.5 Å². The van der Waals surface area contributed by atoms with Crippen LogP contribution in [0.15, 0.2) is 48.5 Å². The van der Waals surface area contributed by atoms with E-state index in [2.05, 4.69) is 15.3 Å². The molecule has 3 aromatic rings. The number of aromatic amines is 1. The summed E-state index contributed by atoms with van der Waals surface area (Å²) >= 11 is 0. The number of nitrogens with one attached hydrogen (secondary N) is 2. The second kappa shape index (κ2) is 7.72. The summed E-state index contributed by atoms with van der Waals surface area (Å²) in [6.07, 6.45) is 0.598. The molecular weight excluding hydrogens is 361 g/mol. The van der Waals surface area contributed by atoms with Crippen molar-refractivity contribution in [3.63, 3.8) is 0 Å². The Morgan fingerprint density at radius 2 is 1.89 bits per heavy atom. The van der Waals surface area contributed by atoms with Gasteiger partial charge in [-0.2, -0.15) is 0 Å². The number of imidazole rings is 1. The van der Waals surface area contributed by atoms with Crippen molar-refractivity contribution in [2.75, 3.05) is 13.7 Å². The molecule has 7 heteroatoms. The summed E-state index contributed by atoms with van der Waals surface area (Å²) in [6, 6.07) is 13.9. The number of H-pyrrole nitrogens is 1. The first kappa shape index (κ1) is 18.0. The Bertz CT molecular complexity index is 1000. The quantitative estimate of drug-likeness (QED) is 0.712. The van der Waals surface area contributed by atoms with Crippen molar-refractivity contribution >= 4 is 5.91 Å². The molecule has 0 radical (unpaired) electrons. The molecule has 1 aliphatic heterocycles. The number of hydrogen-bond acceptors (Lipinski definition) is 4. The topological polar surface area (TPSA) is 76.2 Å². The van der Waals surface area contributed by atoms with Gasteiger partial charge in [-0.25, -0.2) is 9.37 Å². The zero-order valence-corrected chi connectivity index (χ0v) is 15.4. The summed E-state index contributed by atoms with van der Waals surface area (Å²) in [7, 11) is 1.63. The maximum absolute atomic E-state index is 13.7. The van der Waals surface area contributed by atoms with Crippen LogP contribution in [-0.2, 0) is 13.0 Å². The van der Waals surface area contributed by atoms with E-state index < -0.39 is 5.82 Å². The third-order valence-corrected chi connectivity index (χ3v) is 4.78. The number of fused-ring (bicyclic) bond motifs is 1. The van der Waals surface area contributed by atoms with Crippen LogP contribution < -0.4 is 14.8 Å². The first-order valence-electron chi connectivity index (χ1n) is 9.02. The van der Waals surface area contributed by atoms with Gasteiger partial charge in [0.05, 0.1) is 7.11 Å². The lowest BCUT2D eigenvalue weighted by molar-refractivity contribution is 0.0949. The second-order valence-electron chi connectivity index (χ2n) is 6.58. The van der Waals surface area contributed by atoms with Gasteiger partial charge in [-0.05, 0) is 30.2 Å². The summed E-state index contributed by atoms with van der Waals surface area (Å²) in [5.74, 6) is 0.773. The van der Waals surface area contributed by atoms with E-state index in [1.54, 1.807) is 25.3 Å². The molecule has 0 fully saturated rings. The third-order valence-electron chi connectivity index (χ3n) is 4.78. The Hall–Kier alpha value is -3.35. The Kier molecular flexibility index (Phi) is 4.97. The van der Waals surface area contributed by atoms with Gasteiger partial charge in [0.15, 0.2) is 11.6 Å². The van der Waals surface area contributed by atoms with Crippen LogP contribution in [0.1, 0.15) is 33.5 Å². The van der Waals surface area contributed by atoms with Gasteiger partial charge < -0.3 is 19.8 Å². The molecule has 6 nitrogen and oxygen atoms in total. The molecule has 0 saturated heterocycles. The van der Waals surface area contributed by atoms with Crippen LogP contribution in [0.5, 0.6) is 11.5 Å². The lowest BCUT2D eigenvalue weighted by Crippen LogP contribution is -2.26. The number of ether oxygens (including phenoxy) is 2. The second-order valence-corrected chi connectivity index (χ2v) is 6.58. The highest BCUT2D eigenvalue weighted by molar-refractivity contribution is 5.94. The standard InChI is InChI=1S/C21H20FN3O3/c1-27-17-8-4-2-6-14(17)13-10-16-20(21(26)23-11-13)25-19(24-16)12-28-18-9-5-3-7-15(18)22/h2-9,13H,10-12H2,1H3,(H,23,26)(H,24,25)/t13-/m1/s1. The minimum atomic E-state index is -0.440. The van der Waals surface area contributed by atoms with E-state index in [1.807, 2.05) is 24.3 Å². The van der Waals surface area contributed by atoms with Gasteiger partial charge in [0.25, 0.3) is 5.91 Å². The maximum Gasteiger partial charge on any atom is 0.271 e. The number of halogens is 1. The van der Waals surface area contributed by atoms with Crippen LogP contribution in [0.2, 0.25) is 0 Å². The fourth-order valence-electron chi connectivity index (χ4n) is 3.42. The first-order chi connectivity index (χ1) is 13.7. The molecule has 2 N–H and O–H groups in total. The molecule has 4 rings (SSSR count). The van der Waals surface area contributed by atoms with E-state index in [0.717, 1.165) is 17.0 Å². The molecule has 0 saturated carbocycles. The van der Waals surface area contributed by atoms with Gasteiger partial charge in [-0.15, -0.1) is 0 Å². The molecular formula is C21H20FN3O3. The van der Waals surface area contributed by atoms with E-state index in [1.165, 1.54) is 6.07 Å². The van der Waals surface area contributed by atoms with E-state index >= 15 is 0 Å². The van der Waals surface area contributed by atoms with Crippen LogP contribution >= 0.6 is 0 Å². The van der Waals surface area contributed by atoms with Crippen molar-refractivity contribution in [3.8, 4) is 11.5 Å². The van der Waals surface area contributed by atoms with Crippen LogP contribution in [0.3, 0.4) is 0 Å². The van der Waals surface area contributed by atoms with E-state index in [-0.39, 0.29) is 24.2 Å². The van der Waals surface area contributed by atoms with Gasteiger partial charge in [-0.3, -0.25) is 4.79 Å². The van der Waals surface area contributed by atoms with Crippen molar-refractivity contribution in [1.82, 2.24) is 15.3 Å². The third kappa shape index (κ3) is 3.55. The van der Waals surface area contributed by atoms with Crippen LogP contribution in [0.4, 0.5) is 4.39 Å². The summed E-state index contributed by atoms with van der Waals surface area (Å²) in [5.41, 5.74) is 2.11. The van der Waals surface area contributed by atoms with E-state index in [9.17, 15) is 9.18 Å². The Balaban J connectivity index is 1.56. The minimum Gasteiger partial charge on any atom is -0.496 e. The number of rotatable bonds is 5.